The van der Waals surface area contributed by atoms with E-state index in [2.05, 4.69) is 33.8 Å². The van der Waals surface area contributed by atoms with Crippen LogP contribution in [-0.2, 0) is 0 Å². The second-order valence-electron chi connectivity index (χ2n) is 5.89. The lowest BCUT2D eigenvalue weighted by atomic mass is 9.66. The molecule has 0 aromatic rings. The summed E-state index contributed by atoms with van der Waals surface area (Å²) in [4.78, 5) is 0. The molecule has 1 nitrogen and oxygen atoms in total. The molecule has 3 atom stereocenters. The molecule has 0 heterocycles. The van der Waals surface area contributed by atoms with Crippen LogP contribution in [0.4, 0.5) is 0 Å². The van der Waals surface area contributed by atoms with Gasteiger partial charge in [-0.25, -0.2) is 0 Å². The molecule has 1 aliphatic carbocycles. The summed E-state index contributed by atoms with van der Waals surface area (Å²) in [5, 5.41) is 9.85. The third-order valence-corrected chi connectivity index (χ3v) is 4.14. The highest BCUT2D eigenvalue weighted by molar-refractivity contribution is 5.13. The molecule has 0 bridgehead atoms. The third kappa shape index (κ3) is 2.84. The number of allylic oxidation sites excluding steroid dienone is 2. The maximum absolute atomic E-state index is 9.85. The Morgan fingerprint density at radius 2 is 2.07 bits per heavy atom. The number of hydrogen-bond acceptors (Lipinski definition) is 1. The Morgan fingerprint density at radius 3 is 2.47 bits per heavy atom. The molecule has 0 aromatic carbocycles. The van der Waals surface area contributed by atoms with Crippen LogP contribution in [0.5, 0.6) is 0 Å². The summed E-state index contributed by atoms with van der Waals surface area (Å²) in [7, 11) is 0. The molecule has 0 radical (unpaired) electrons. The van der Waals surface area contributed by atoms with Crippen LogP contribution in [0.15, 0.2) is 11.6 Å². The van der Waals surface area contributed by atoms with E-state index in [1.165, 1.54) is 12.8 Å². The molecule has 0 aromatic heterocycles. The van der Waals surface area contributed by atoms with Gasteiger partial charge in [-0.2, -0.15) is 0 Å². The van der Waals surface area contributed by atoms with Crippen molar-refractivity contribution in [2.24, 2.45) is 17.3 Å². The van der Waals surface area contributed by atoms with E-state index in [4.69, 9.17) is 0 Å². The molecule has 0 aliphatic heterocycles. The molecule has 1 N–H and O–H groups in total. The average Bonchev–Trinajstić information content (AvgIpc) is 2.10. The van der Waals surface area contributed by atoms with Crippen LogP contribution in [0, 0.1) is 17.3 Å². The molecule has 1 heteroatoms. The number of hydrogen-bond donors (Lipinski definition) is 1. The monoisotopic (exact) mass is 210 g/mol. The molecule has 0 saturated carbocycles. The second kappa shape index (κ2) is 4.69. The lowest BCUT2D eigenvalue weighted by molar-refractivity contribution is 0.0137. The van der Waals surface area contributed by atoms with Gasteiger partial charge in [-0.05, 0) is 43.4 Å². The first-order valence-electron chi connectivity index (χ1n) is 6.24. The zero-order valence-electron chi connectivity index (χ0n) is 10.9. The van der Waals surface area contributed by atoms with Crippen LogP contribution in [-0.4, -0.2) is 11.2 Å². The molecule has 0 amide bonds. The average molecular weight is 210 g/mol. The van der Waals surface area contributed by atoms with Crippen molar-refractivity contribution >= 4 is 0 Å². The van der Waals surface area contributed by atoms with Crippen LogP contribution >= 0.6 is 0 Å². The van der Waals surface area contributed by atoms with E-state index in [1.54, 1.807) is 5.57 Å². The zero-order chi connectivity index (χ0) is 11.6. The molecule has 3 unspecified atom stereocenters. The van der Waals surface area contributed by atoms with Crippen LogP contribution in [0.2, 0.25) is 0 Å². The molecule has 1 aliphatic rings. The topological polar surface area (TPSA) is 20.2 Å². The SMILES string of the molecule is CC(C)CC1=CC(C)C(C)(C(C)O)CC1. The van der Waals surface area contributed by atoms with Gasteiger partial charge in [0.05, 0.1) is 6.10 Å². The Balaban J connectivity index is 2.73. The minimum Gasteiger partial charge on any atom is -0.393 e. The minimum absolute atomic E-state index is 0.0838. The summed E-state index contributed by atoms with van der Waals surface area (Å²) >= 11 is 0. The van der Waals surface area contributed by atoms with Crippen molar-refractivity contribution in [2.75, 3.05) is 0 Å². The fourth-order valence-corrected chi connectivity index (χ4v) is 2.57. The molecule has 0 saturated heterocycles. The van der Waals surface area contributed by atoms with Crippen molar-refractivity contribution < 1.29 is 5.11 Å². The predicted molar refractivity (Wildman–Crippen MR) is 65.7 cm³/mol. The first-order chi connectivity index (χ1) is 6.86. The maximum Gasteiger partial charge on any atom is 0.0571 e. The Morgan fingerprint density at radius 1 is 1.47 bits per heavy atom. The van der Waals surface area contributed by atoms with Crippen molar-refractivity contribution in [1.29, 1.82) is 0 Å². The third-order valence-electron chi connectivity index (χ3n) is 4.14. The molecular formula is C14H26O. The molecule has 0 fully saturated rings. The van der Waals surface area contributed by atoms with Crippen LogP contribution in [0.25, 0.3) is 0 Å². The number of aliphatic hydroxyl groups excluding tert-OH is 1. The molecular weight excluding hydrogens is 184 g/mol. The first-order valence-corrected chi connectivity index (χ1v) is 6.24. The van der Waals surface area contributed by atoms with Gasteiger partial charge >= 0.3 is 0 Å². The lowest BCUT2D eigenvalue weighted by Crippen LogP contribution is -2.37. The van der Waals surface area contributed by atoms with Gasteiger partial charge in [0, 0.05) is 0 Å². The minimum atomic E-state index is -0.204. The van der Waals surface area contributed by atoms with E-state index in [1.807, 2.05) is 6.92 Å². The van der Waals surface area contributed by atoms with E-state index in [-0.39, 0.29) is 11.5 Å². The van der Waals surface area contributed by atoms with Gasteiger partial charge in [0.2, 0.25) is 0 Å². The zero-order valence-corrected chi connectivity index (χ0v) is 10.9. The number of rotatable bonds is 3. The van der Waals surface area contributed by atoms with E-state index >= 15 is 0 Å². The van der Waals surface area contributed by atoms with Gasteiger partial charge in [0.25, 0.3) is 0 Å². The Kier molecular flexibility index (Phi) is 3.99. The molecule has 1 rings (SSSR count). The largest absolute Gasteiger partial charge is 0.393 e. The summed E-state index contributed by atoms with van der Waals surface area (Å²) in [6.07, 6.45) is 5.72. The van der Waals surface area contributed by atoms with Crippen LogP contribution in [0.3, 0.4) is 0 Å². The van der Waals surface area contributed by atoms with Gasteiger partial charge in [-0.3, -0.25) is 0 Å². The Bertz CT molecular complexity index is 240. The first kappa shape index (κ1) is 12.8. The highest BCUT2D eigenvalue weighted by Crippen LogP contribution is 2.43. The molecule has 0 spiro atoms. The van der Waals surface area contributed by atoms with Crippen LogP contribution < -0.4 is 0 Å². The maximum atomic E-state index is 9.85. The van der Waals surface area contributed by atoms with Gasteiger partial charge in [0.1, 0.15) is 0 Å². The summed E-state index contributed by atoms with van der Waals surface area (Å²) in [6.45, 7) is 10.9. The predicted octanol–water partition coefficient (Wildman–Crippen LogP) is 3.78. The molecule has 15 heavy (non-hydrogen) atoms. The van der Waals surface area contributed by atoms with E-state index < -0.39 is 0 Å². The van der Waals surface area contributed by atoms with Gasteiger partial charge in [-0.1, -0.05) is 39.3 Å². The van der Waals surface area contributed by atoms with E-state index in [9.17, 15) is 5.11 Å². The van der Waals surface area contributed by atoms with Crippen molar-refractivity contribution in [3.05, 3.63) is 11.6 Å². The van der Waals surface area contributed by atoms with Crippen molar-refractivity contribution in [2.45, 2.75) is 60.0 Å². The Hall–Kier alpha value is -0.300. The van der Waals surface area contributed by atoms with Crippen molar-refractivity contribution in [3.8, 4) is 0 Å². The van der Waals surface area contributed by atoms with Gasteiger partial charge < -0.3 is 5.11 Å². The van der Waals surface area contributed by atoms with Gasteiger partial charge in [-0.15, -0.1) is 0 Å². The van der Waals surface area contributed by atoms with Crippen LogP contribution in [0.1, 0.15) is 53.9 Å². The second-order valence-corrected chi connectivity index (χ2v) is 5.89. The summed E-state index contributed by atoms with van der Waals surface area (Å²) < 4.78 is 0. The quantitative estimate of drug-likeness (QED) is 0.703. The summed E-state index contributed by atoms with van der Waals surface area (Å²) in [5.41, 5.74) is 1.68. The normalized spacial score (nSPS) is 34.1. The summed E-state index contributed by atoms with van der Waals surface area (Å²) in [6, 6.07) is 0. The number of aliphatic hydroxyl groups is 1. The Labute approximate surface area is 94.6 Å². The fourth-order valence-electron chi connectivity index (χ4n) is 2.57. The van der Waals surface area contributed by atoms with E-state index in [0.29, 0.717) is 5.92 Å². The lowest BCUT2D eigenvalue weighted by Gasteiger charge is -2.41. The highest BCUT2D eigenvalue weighted by Gasteiger charge is 2.37. The van der Waals surface area contributed by atoms with Gasteiger partial charge in [0.15, 0.2) is 0 Å². The molecule has 88 valence electrons. The standard InChI is InChI=1S/C14H26O/c1-10(2)8-13-6-7-14(5,12(4)15)11(3)9-13/h9-12,15H,6-8H2,1-5H3. The highest BCUT2D eigenvalue weighted by atomic mass is 16.3. The van der Waals surface area contributed by atoms with E-state index in [0.717, 1.165) is 12.3 Å². The van der Waals surface area contributed by atoms with Crippen molar-refractivity contribution in [1.82, 2.24) is 0 Å². The van der Waals surface area contributed by atoms with Crippen molar-refractivity contribution in [3.63, 3.8) is 0 Å². The smallest absolute Gasteiger partial charge is 0.0571 e. The summed E-state index contributed by atoms with van der Waals surface area (Å²) in [5.74, 6) is 1.25. The fraction of sp³-hybridized carbons (Fsp3) is 0.857.